The molecule has 3 rings (SSSR count). The van der Waals surface area contributed by atoms with Crippen molar-refractivity contribution in [3.05, 3.63) is 102 Å². The maximum Gasteiger partial charge on any atom is 0.253 e. The minimum Gasteiger partial charge on any atom is -0.341 e. The average Bonchev–Trinajstić information content (AvgIpc) is 2.68. The van der Waals surface area contributed by atoms with Crippen LogP contribution >= 0.6 is 11.8 Å². The highest BCUT2D eigenvalue weighted by Gasteiger charge is 2.19. The summed E-state index contributed by atoms with van der Waals surface area (Å²) in [4.78, 5) is 14.0. The maximum absolute atomic E-state index is 13.0. The van der Waals surface area contributed by atoms with Gasteiger partial charge in [0.05, 0.1) is 11.6 Å². The summed E-state index contributed by atoms with van der Waals surface area (Å²) in [5, 5.41) is 3.21. The van der Waals surface area contributed by atoms with E-state index >= 15 is 0 Å². The fourth-order valence-corrected chi connectivity index (χ4v) is 3.60. The quantitative estimate of drug-likeness (QED) is 0.612. The van der Waals surface area contributed by atoms with Crippen molar-refractivity contribution in [3.8, 4) is 0 Å². The van der Waals surface area contributed by atoms with Crippen LogP contribution in [0.4, 0.5) is 0 Å². The first-order valence-corrected chi connectivity index (χ1v) is 9.40. The minimum atomic E-state index is -0.172. The van der Waals surface area contributed by atoms with Crippen molar-refractivity contribution in [3.63, 3.8) is 0 Å². The highest BCUT2D eigenvalue weighted by atomic mass is 32.2. The summed E-state index contributed by atoms with van der Waals surface area (Å²) in [5.41, 5.74) is 2.87. The molecule has 0 fully saturated rings. The van der Waals surface area contributed by atoms with Crippen molar-refractivity contribution in [2.45, 2.75) is 17.9 Å². The van der Waals surface area contributed by atoms with Gasteiger partial charge >= 0.3 is 0 Å². The van der Waals surface area contributed by atoms with Gasteiger partial charge in [0.2, 0.25) is 0 Å². The van der Waals surface area contributed by atoms with Gasteiger partial charge in [-0.1, -0.05) is 79.7 Å². The van der Waals surface area contributed by atoms with Gasteiger partial charge in [0.25, 0.3) is 5.91 Å². The van der Waals surface area contributed by atoms with Gasteiger partial charge in [0, 0.05) is 4.90 Å². The Labute approximate surface area is 153 Å². The zero-order valence-corrected chi connectivity index (χ0v) is 15.0. The zero-order chi connectivity index (χ0) is 17.5. The molecule has 0 aliphatic heterocycles. The molecular weight excluding hydrogens is 326 g/mol. The molecule has 0 saturated heterocycles. The molecule has 0 spiro atoms. The lowest BCUT2D eigenvalue weighted by Crippen LogP contribution is -2.29. The third-order valence-corrected chi connectivity index (χ3v) is 4.93. The Kier molecular flexibility index (Phi) is 5.91. The van der Waals surface area contributed by atoms with Crippen LogP contribution in [0.3, 0.4) is 0 Å². The standard InChI is InChI=1S/C22H21NOS/c1-2-25-20-16-10-9-15-19(20)22(24)23-21(17-11-5-3-6-12-17)18-13-7-4-8-14-18/h3-16,21H,2H2,1H3,(H,23,24). The van der Waals surface area contributed by atoms with Crippen molar-refractivity contribution in [2.24, 2.45) is 0 Å². The van der Waals surface area contributed by atoms with Crippen LogP contribution in [0.5, 0.6) is 0 Å². The van der Waals surface area contributed by atoms with E-state index in [0.717, 1.165) is 27.3 Å². The summed E-state index contributed by atoms with van der Waals surface area (Å²) in [6, 6.07) is 27.8. The van der Waals surface area contributed by atoms with Crippen LogP contribution in [0.1, 0.15) is 34.5 Å². The number of thioether (sulfide) groups is 1. The summed E-state index contributed by atoms with van der Waals surface area (Å²) in [7, 11) is 0. The second-order valence-electron chi connectivity index (χ2n) is 5.66. The average molecular weight is 347 g/mol. The SMILES string of the molecule is CCSc1ccccc1C(=O)NC(c1ccccc1)c1ccccc1. The van der Waals surface area contributed by atoms with Crippen LogP contribution < -0.4 is 5.32 Å². The van der Waals surface area contributed by atoms with E-state index in [1.165, 1.54) is 0 Å². The highest BCUT2D eigenvalue weighted by Crippen LogP contribution is 2.25. The molecular formula is C22H21NOS. The first-order valence-electron chi connectivity index (χ1n) is 8.42. The molecule has 3 aromatic carbocycles. The van der Waals surface area contributed by atoms with Crippen LogP contribution in [0.15, 0.2) is 89.8 Å². The molecule has 0 aromatic heterocycles. The molecule has 0 unspecified atom stereocenters. The van der Waals surface area contributed by atoms with E-state index in [4.69, 9.17) is 0 Å². The second kappa shape index (κ2) is 8.54. The number of carbonyl (C=O) groups excluding carboxylic acids is 1. The Morgan fingerprint density at radius 2 is 1.36 bits per heavy atom. The monoisotopic (exact) mass is 347 g/mol. The number of hydrogen-bond donors (Lipinski definition) is 1. The van der Waals surface area contributed by atoms with E-state index in [9.17, 15) is 4.79 Å². The fourth-order valence-electron chi connectivity index (χ4n) is 2.79. The van der Waals surface area contributed by atoms with Gasteiger partial charge in [-0.25, -0.2) is 0 Å². The Morgan fingerprint density at radius 3 is 1.92 bits per heavy atom. The van der Waals surface area contributed by atoms with Gasteiger partial charge in [0.1, 0.15) is 0 Å². The van der Waals surface area contributed by atoms with Crippen LogP contribution in [0.2, 0.25) is 0 Å². The van der Waals surface area contributed by atoms with Crippen LogP contribution in [-0.4, -0.2) is 11.7 Å². The third kappa shape index (κ3) is 4.31. The van der Waals surface area contributed by atoms with Crippen molar-refractivity contribution in [2.75, 3.05) is 5.75 Å². The van der Waals surface area contributed by atoms with Crippen LogP contribution in [0, 0.1) is 0 Å². The summed E-state index contributed by atoms with van der Waals surface area (Å²) in [5.74, 6) is 0.889. The fraction of sp³-hybridized carbons (Fsp3) is 0.136. The van der Waals surface area contributed by atoms with Crippen LogP contribution in [0.25, 0.3) is 0 Å². The molecule has 0 saturated carbocycles. The molecule has 126 valence electrons. The van der Waals surface area contributed by atoms with Gasteiger partial charge in [0.15, 0.2) is 0 Å². The summed E-state index contributed by atoms with van der Waals surface area (Å²) in [6.45, 7) is 2.09. The molecule has 25 heavy (non-hydrogen) atoms. The molecule has 1 amide bonds. The number of benzene rings is 3. The van der Waals surface area contributed by atoms with Crippen molar-refractivity contribution >= 4 is 17.7 Å². The van der Waals surface area contributed by atoms with Gasteiger partial charge in [-0.05, 0) is 29.0 Å². The normalized spacial score (nSPS) is 10.6. The Morgan fingerprint density at radius 1 is 0.840 bits per heavy atom. The predicted molar refractivity (Wildman–Crippen MR) is 105 cm³/mol. The maximum atomic E-state index is 13.0. The zero-order valence-electron chi connectivity index (χ0n) is 14.2. The molecule has 0 heterocycles. The van der Waals surface area contributed by atoms with Gasteiger partial charge in [-0.2, -0.15) is 0 Å². The highest BCUT2D eigenvalue weighted by molar-refractivity contribution is 7.99. The first-order chi connectivity index (χ1) is 12.3. The molecule has 2 nitrogen and oxygen atoms in total. The topological polar surface area (TPSA) is 29.1 Å². The van der Waals surface area contributed by atoms with Gasteiger partial charge < -0.3 is 5.32 Å². The molecule has 3 aromatic rings. The molecule has 0 radical (unpaired) electrons. The van der Waals surface area contributed by atoms with E-state index in [0.29, 0.717) is 0 Å². The Hall–Kier alpha value is -2.52. The lowest BCUT2D eigenvalue weighted by atomic mass is 9.98. The van der Waals surface area contributed by atoms with Crippen molar-refractivity contribution in [1.82, 2.24) is 5.32 Å². The summed E-state index contributed by atoms with van der Waals surface area (Å²) < 4.78 is 0. The lowest BCUT2D eigenvalue weighted by molar-refractivity contribution is 0.0940. The number of rotatable bonds is 6. The van der Waals surface area contributed by atoms with Crippen molar-refractivity contribution < 1.29 is 4.79 Å². The van der Waals surface area contributed by atoms with Gasteiger partial charge in [-0.3, -0.25) is 4.79 Å². The molecule has 0 aliphatic carbocycles. The van der Waals surface area contributed by atoms with Crippen molar-refractivity contribution in [1.29, 1.82) is 0 Å². The van der Waals surface area contributed by atoms with E-state index in [1.54, 1.807) is 11.8 Å². The molecule has 0 aliphatic rings. The van der Waals surface area contributed by atoms with Gasteiger partial charge in [-0.15, -0.1) is 11.8 Å². The summed E-state index contributed by atoms with van der Waals surface area (Å²) >= 11 is 1.69. The number of hydrogen-bond acceptors (Lipinski definition) is 2. The Balaban J connectivity index is 1.92. The first kappa shape index (κ1) is 17.3. The van der Waals surface area contributed by atoms with E-state index in [2.05, 4.69) is 12.2 Å². The number of nitrogens with one attached hydrogen (secondary N) is 1. The minimum absolute atomic E-state index is 0.0470. The second-order valence-corrected chi connectivity index (χ2v) is 6.96. The predicted octanol–water partition coefficient (Wildman–Crippen LogP) is 5.32. The number of amides is 1. The van der Waals surface area contributed by atoms with E-state index in [-0.39, 0.29) is 11.9 Å². The number of carbonyl (C=O) groups is 1. The van der Waals surface area contributed by atoms with E-state index < -0.39 is 0 Å². The molecule has 3 heteroatoms. The molecule has 0 atom stereocenters. The lowest BCUT2D eigenvalue weighted by Gasteiger charge is -2.20. The van der Waals surface area contributed by atoms with E-state index in [1.807, 2.05) is 84.9 Å². The van der Waals surface area contributed by atoms with Crippen LogP contribution in [-0.2, 0) is 0 Å². The molecule has 1 N–H and O–H groups in total. The Bertz CT molecular complexity index is 778. The smallest absolute Gasteiger partial charge is 0.253 e. The third-order valence-electron chi connectivity index (χ3n) is 3.97. The summed E-state index contributed by atoms with van der Waals surface area (Å²) in [6.07, 6.45) is 0. The largest absolute Gasteiger partial charge is 0.341 e. The molecule has 0 bridgehead atoms.